The molecular weight excluding hydrogens is 591 g/mol. The molecule has 0 unspecified atom stereocenters. The van der Waals surface area contributed by atoms with E-state index in [1.807, 2.05) is 24.3 Å². The van der Waals surface area contributed by atoms with Gasteiger partial charge in [-0.2, -0.15) is 4.98 Å². The number of morpholine rings is 1. The molecule has 1 aromatic carbocycles. The Morgan fingerprint density at radius 1 is 1.00 bits per heavy atom. The summed E-state index contributed by atoms with van der Waals surface area (Å²) in [5.74, 6) is 2.25. The predicted molar refractivity (Wildman–Crippen MR) is 165 cm³/mol. The molecule has 0 bridgehead atoms. The molecule has 40 heavy (non-hydrogen) atoms. The smallest absolute Gasteiger partial charge is 0.242 e. The van der Waals surface area contributed by atoms with Crippen molar-refractivity contribution in [2.45, 2.75) is 38.0 Å². The molecule has 0 amide bonds. The van der Waals surface area contributed by atoms with E-state index in [1.54, 1.807) is 0 Å². The van der Waals surface area contributed by atoms with Gasteiger partial charge in [-0.15, -0.1) is 11.3 Å². The Morgan fingerprint density at radius 3 is 2.40 bits per heavy atom. The molecule has 2 aromatic heterocycles. The third-order valence-electron chi connectivity index (χ3n) is 7.42. The van der Waals surface area contributed by atoms with Crippen molar-refractivity contribution in [3.8, 4) is 0 Å². The Balaban J connectivity index is 0.00000370. The molecule has 1 aliphatic carbocycles. The van der Waals surface area contributed by atoms with E-state index in [0.717, 1.165) is 99.7 Å². The van der Waals surface area contributed by atoms with Crippen molar-refractivity contribution in [1.82, 2.24) is 19.6 Å². The molecule has 13 heteroatoms. The van der Waals surface area contributed by atoms with Crippen LogP contribution in [0.25, 0.3) is 10.9 Å². The third-order valence-corrected chi connectivity index (χ3v) is 10.6. The number of hydrogen-bond acceptors (Lipinski definition) is 9. The molecule has 3 aromatic rings. The molecule has 1 aliphatic heterocycles. The van der Waals surface area contributed by atoms with Crippen molar-refractivity contribution in [2.75, 3.05) is 63.1 Å². The zero-order valence-corrected chi connectivity index (χ0v) is 24.8. The van der Waals surface area contributed by atoms with Gasteiger partial charge >= 0.3 is 0 Å². The number of hydrogen-bond donors (Lipinski definition) is 3. The summed E-state index contributed by atoms with van der Waals surface area (Å²) >= 11 is 13.0. The van der Waals surface area contributed by atoms with Crippen LogP contribution in [0.5, 0.6) is 0 Å². The minimum absolute atomic E-state index is 0. The van der Waals surface area contributed by atoms with Gasteiger partial charge in [0, 0.05) is 44.7 Å². The minimum atomic E-state index is -3.66. The fourth-order valence-corrected chi connectivity index (χ4v) is 8.40. The van der Waals surface area contributed by atoms with Gasteiger partial charge in [0.2, 0.25) is 16.0 Å². The van der Waals surface area contributed by atoms with E-state index in [1.165, 1.54) is 6.07 Å². The summed E-state index contributed by atoms with van der Waals surface area (Å²) < 4.78 is 33.9. The fraction of sp³-hybridized carbons (Fsp3) is 0.556. The minimum Gasteiger partial charge on any atom is -0.379 e. The number of nitrogens with zero attached hydrogens (tertiary/aromatic N) is 3. The topological polar surface area (TPSA) is 108 Å². The number of sulfonamides is 1. The second-order valence-electron chi connectivity index (χ2n) is 10.1. The number of benzene rings is 1. The summed E-state index contributed by atoms with van der Waals surface area (Å²) in [6.45, 7) is 6.45. The van der Waals surface area contributed by atoms with Crippen LogP contribution in [0.4, 0.5) is 11.8 Å². The lowest BCUT2D eigenvalue weighted by Crippen LogP contribution is -2.39. The summed E-state index contributed by atoms with van der Waals surface area (Å²) in [4.78, 5) is 12.0. The molecule has 3 N–H and O–H groups in total. The van der Waals surface area contributed by atoms with Crippen LogP contribution in [-0.2, 0) is 14.8 Å². The number of aromatic nitrogens is 2. The molecule has 0 radical (unpaired) electrons. The highest BCUT2D eigenvalue weighted by atomic mass is 35.5. The Kier molecular flexibility index (Phi) is 11.3. The molecule has 9 nitrogen and oxygen atoms in total. The number of fused-ring (bicyclic) bond motifs is 1. The first-order chi connectivity index (χ1) is 18.9. The zero-order valence-electron chi connectivity index (χ0n) is 21.7. The van der Waals surface area contributed by atoms with Crippen molar-refractivity contribution in [3.63, 3.8) is 0 Å². The maximum absolute atomic E-state index is 12.6. The highest BCUT2D eigenvalue weighted by Crippen LogP contribution is 2.35. The van der Waals surface area contributed by atoms with Crippen LogP contribution in [0.2, 0.25) is 8.67 Å². The second-order valence-corrected chi connectivity index (χ2v) is 14.1. The van der Waals surface area contributed by atoms with E-state index in [2.05, 4.69) is 20.3 Å². The first-order valence-corrected chi connectivity index (χ1v) is 16.4. The highest BCUT2D eigenvalue weighted by molar-refractivity contribution is 7.89. The van der Waals surface area contributed by atoms with E-state index in [4.69, 9.17) is 37.9 Å². The van der Waals surface area contributed by atoms with Crippen LogP contribution in [-0.4, -0.2) is 75.8 Å². The number of anilines is 2. The van der Waals surface area contributed by atoms with Crippen LogP contribution in [0.1, 0.15) is 33.1 Å². The maximum atomic E-state index is 12.6. The molecule has 220 valence electrons. The Morgan fingerprint density at radius 2 is 1.70 bits per heavy atom. The predicted octanol–water partition coefficient (Wildman–Crippen LogP) is 5.58. The summed E-state index contributed by atoms with van der Waals surface area (Å²) in [5, 5.41) is 7.99. The van der Waals surface area contributed by atoms with Crippen molar-refractivity contribution < 1.29 is 13.2 Å². The van der Waals surface area contributed by atoms with Gasteiger partial charge in [-0.25, -0.2) is 18.1 Å². The Labute approximate surface area is 251 Å². The van der Waals surface area contributed by atoms with Crippen LogP contribution in [0, 0.1) is 11.8 Å². The third kappa shape index (κ3) is 8.18. The van der Waals surface area contributed by atoms with Gasteiger partial charge in [0.25, 0.3) is 0 Å². The molecule has 5 rings (SSSR count). The summed E-state index contributed by atoms with van der Waals surface area (Å²) in [6.07, 6.45) is 3.95. The SMILES string of the molecule is C.O=S(=O)(NCC1CCC(CNc2nc(NCCN3CCOCC3)c3ccccc3n2)CC1)c1cc(Cl)sc1Cl. The average molecular weight is 630 g/mol. The standard InChI is InChI=1S/C26H34Cl2N6O3S2.CH4/c27-23-15-22(24(28)38-23)39(35,36)31-17-19-7-5-18(6-8-19)16-30-26-32-21-4-2-1-3-20(21)25(33-26)29-9-10-34-11-13-37-14-12-34;/h1-4,15,18-19,31H,5-14,16-17H2,(H2,29,30,32,33);1H4. The number of nitrogens with one attached hydrogen (secondary N) is 3. The molecule has 3 heterocycles. The molecule has 2 fully saturated rings. The van der Waals surface area contributed by atoms with Gasteiger partial charge < -0.3 is 15.4 Å². The number of thiophene rings is 1. The lowest BCUT2D eigenvalue weighted by atomic mass is 9.82. The van der Waals surface area contributed by atoms with Gasteiger partial charge in [0.05, 0.1) is 23.1 Å². The number of para-hydroxylation sites is 1. The molecule has 1 saturated heterocycles. The normalized spacial score (nSPS) is 20.2. The van der Waals surface area contributed by atoms with Gasteiger partial charge in [-0.1, -0.05) is 42.8 Å². The monoisotopic (exact) mass is 628 g/mol. The quantitative estimate of drug-likeness (QED) is 0.253. The molecule has 2 aliphatic rings. The fourth-order valence-electron chi connectivity index (χ4n) is 5.14. The van der Waals surface area contributed by atoms with Crippen LogP contribution in [0.15, 0.2) is 35.2 Å². The van der Waals surface area contributed by atoms with E-state index >= 15 is 0 Å². The molecule has 0 atom stereocenters. The van der Waals surface area contributed by atoms with E-state index in [-0.39, 0.29) is 16.7 Å². The second kappa shape index (κ2) is 14.4. The van der Waals surface area contributed by atoms with Crippen molar-refractivity contribution in [2.24, 2.45) is 11.8 Å². The summed E-state index contributed by atoms with van der Waals surface area (Å²) in [5.41, 5.74) is 0.909. The van der Waals surface area contributed by atoms with Crippen LogP contribution < -0.4 is 15.4 Å². The molecule has 1 saturated carbocycles. The average Bonchev–Trinajstić information content (AvgIpc) is 3.30. The van der Waals surface area contributed by atoms with Crippen molar-refractivity contribution >= 4 is 67.2 Å². The first-order valence-electron chi connectivity index (χ1n) is 13.4. The van der Waals surface area contributed by atoms with Gasteiger partial charge in [0.1, 0.15) is 15.0 Å². The van der Waals surface area contributed by atoms with Crippen LogP contribution >= 0.6 is 34.5 Å². The Bertz CT molecular complexity index is 1360. The summed E-state index contributed by atoms with van der Waals surface area (Å²) in [6, 6.07) is 9.46. The van der Waals surface area contributed by atoms with E-state index < -0.39 is 10.0 Å². The lowest BCUT2D eigenvalue weighted by Gasteiger charge is -2.28. The number of rotatable bonds is 11. The van der Waals surface area contributed by atoms with Crippen LogP contribution in [0.3, 0.4) is 0 Å². The van der Waals surface area contributed by atoms with Crippen molar-refractivity contribution in [1.29, 1.82) is 0 Å². The molecule has 0 spiro atoms. The molecular formula is C27H38Cl2N6O3S2. The lowest BCUT2D eigenvalue weighted by molar-refractivity contribution is 0.0398. The largest absolute Gasteiger partial charge is 0.379 e. The number of halogens is 2. The maximum Gasteiger partial charge on any atom is 0.242 e. The van der Waals surface area contributed by atoms with E-state index in [9.17, 15) is 8.42 Å². The Hall–Kier alpha value is -1.73. The first kappa shape index (κ1) is 31.2. The van der Waals surface area contributed by atoms with E-state index in [0.29, 0.717) is 28.7 Å². The van der Waals surface area contributed by atoms with Gasteiger partial charge in [-0.05, 0) is 55.7 Å². The number of ether oxygens (including phenoxy) is 1. The van der Waals surface area contributed by atoms with Crippen molar-refractivity contribution in [3.05, 3.63) is 39.0 Å². The van der Waals surface area contributed by atoms with Gasteiger partial charge in [0.15, 0.2) is 0 Å². The zero-order chi connectivity index (χ0) is 27.2. The highest BCUT2D eigenvalue weighted by Gasteiger charge is 2.25. The van der Waals surface area contributed by atoms with Gasteiger partial charge in [-0.3, -0.25) is 4.90 Å². The summed E-state index contributed by atoms with van der Waals surface area (Å²) in [7, 11) is -3.66.